The van der Waals surface area contributed by atoms with Crippen molar-refractivity contribution in [3.8, 4) is 0 Å². The molecule has 0 saturated heterocycles. The fraction of sp³-hybridized carbons (Fsp3) is 0.419. The number of benzene rings is 4. The van der Waals surface area contributed by atoms with Crippen LogP contribution in [0.4, 0.5) is 11.4 Å². The van der Waals surface area contributed by atoms with Crippen molar-refractivity contribution in [2.45, 2.75) is 108 Å². The normalized spacial score (nSPS) is 17.5. The van der Waals surface area contributed by atoms with Crippen LogP contribution >= 0.6 is 12.0 Å². The molecule has 0 atom stereocenters. The number of likely N-dealkylation sites (N-methyl/N-ethyl adjacent to an activating group) is 1. The molecule has 0 radical (unpaired) electrons. The molecule has 0 fully saturated rings. The SMILES string of the molecule is CCN1/C(=C/C=C/C2=[N+](CCCCCCC(C)(C)C)c3ccc4cc(SOO[O-])ccc4c3C2(C)C)C(C)(C)c2c1ccc1cc(S(=O)(=O)[O-])ccc21. The number of nitrogens with zero attached hydrogens (tertiary/aromatic N) is 2. The van der Waals surface area contributed by atoms with Crippen molar-refractivity contribution < 1.29 is 32.2 Å². The van der Waals surface area contributed by atoms with E-state index in [9.17, 15) is 18.2 Å². The summed E-state index contributed by atoms with van der Waals surface area (Å²) in [6.07, 6.45) is 12.6. The van der Waals surface area contributed by atoms with Crippen LogP contribution in [0.3, 0.4) is 0 Å². The van der Waals surface area contributed by atoms with Gasteiger partial charge in [0.05, 0.1) is 22.4 Å². The third-order valence-corrected chi connectivity index (χ3v) is 12.4. The molecule has 2 aliphatic heterocycles. The molecule has 282 valence electrons. The van der Waals surface area contributed by atoms with Crippen LogP contribution in [0.1, 0.15) is 98.6 Å². The smallest absolute Gasteiger partial charge is 0.210 e. The number of rotatable bonds is 13. The number of unbranched alkanes of at least 4 members (excludes halogenated alkanes) is 3. The Hall–Kier alpha value is -3.51. The second-order valence-electron chi connectivity index (χ2n) is 16.5. The topological polar surface area (TPSA) is 105 Å². The van der Waals surface area contributed by atoms with E-state index in [1.807, 2.05) is 24.3 Å². The zero-order chi connectivity index (χ0) is 38.3. The molecule has 2 heterocycles. The molecule has 4 aromatic carbocycles. The molecule has 0 saturated carbocycles. The lowest BCUT2D eigenvalue weighted by molar-refractivity contribution is -0.777. The zero-order valence-corrected chi connectivity index (χ0v) is 33.7. The molecule has 10 heteroatoms. The van der Waals surface area contributed by atoms with Gasteiger partial charge in [-0.15, -0.1) is 0 Å². The highest BCUT2D eigenvalue weighted by atomic mass is 32.2. The van der Waals surface area contributed by atoms with E-state index < -0.39 is 10.1 Å². The maximum Gasteiger partial charge on any atom is 0.210 e. The number of hydrogen-bond donors (Lipinski definition) is 0. The zero-order valence-electron chi connectivity index (χ0n) is 32.1. The molecule has 2 aliphatic rings. The van der Waals surface area contributed by atoms with Gasteiger partial charge in [-0.2, -0.15) is 8.91 Å². The monoisotopic (exact) mass is 755 g/mol. The fourth-order valence-corrected chi connectivity index (χ4v) is 9.41. The summed E-state index contributed by atoms with van der Waals surface area (Å²) in [6, 6.07) is 19.1. The summed E-state index contributed by atoms with van der Waals surface area (Å²) in [5, 5.41) is 18.0. The quantitative estimate of drug-likeness (QED) is 0.0332. The lowest BCUT2D eigenvalue weighted by atomic mass is 9.79. The van der Waals surface area contributed by atoms with Gasteiger partial charge in [0.15, 0.2) is 5.71 Å². The molecule has 0 spiro atoms. The molecule has 0 aliphatic carbocycles. The third-order valence-electron chi connectivity index (χ3n) is 11.0. The average molecular weight is 756 g/mol. The van der Waals surface area contributed by atoms with Crippen molar-refractivity contribution in [2.24, 2.45) is 5.41 Å². The van der Waals surface area contributed by atoms with Gasteiger partial charge in [-0.1, -0.05) is 71.7 Å². The fourth-order valence-electron chi connectivity index (χ4n) is 8.49. The van der Waals surface area contributed by atoms with Gasteiger partial charge >= 0.3 is 0 Å². The molecule has 4 aromatic rings. The largest absolute Gasteiger partial charge is 0.744 e. The summed E-state index contributed by atoms with van der Waals surface area (Å²) >= 11 is 0.902. The summed E-state index contributed by atoms with van der Waals surface area (Å²) in [5.41, 5.74) is 6.77. The van der Waals surface area contributed by atoms with Gasteiger partial charge in [-0.05, 0) is 109 Å². The van der Waals surface area contributed by atoms with Gasteiger partial charge in [0.1, 0.15) is 16.7 Å². The first-order chi connectivity index (χ1) is 25.0. The van der Waals surface area contributed by atoms with E-state index in [1.54, 1.807) is 6.07 Å². The third kappa shape index (κ3) is 7.72. The molecule has 6 rings (SSSR count). The van der Waals surface area contributed by atoms with Crippen LogP contribution < -0.4 is 10.2 Å². The van der Waals surface area contributed by atoms with E-state index in [0.29, 0.717) is 5.41 Å². The van der Waals surface area contributed by atoms with Crippen molar-refractivity contribution in [3.05, 3.63) is 95.7 Å². The van der Waals surface area contributed by atoms with Crippen LogP contribution in [0.5, 0.6) is 0 Å². The van der Waals surface area contributed by atoms with Gasteiger partial charge in [0.2, 0.25) is 5.69 Å². The molecule has 0 amide bonds. The summed E-state index contributed by atoms with van der Waals surface area (Å²) in [7, 11) is -4.56. The minimum Gasteiger partial charge on any atom is -0.744 e. The van der Waals surface area contributed by atoms with Gasteiger partial charge in [0.25, 0.3) is 0 Å². The van der Waals surface area contributed by atoms with Crippen molar-refractivity contribution in [2.75, 3.05) is 18.0 Å². The summed E-state index contributed by atoms with van der Waals surface area (Å²) in [5.74, 6) is 0. The van der Waals surface area contributed by atoms with Crippen LogP contribution in [-0.4, -0.2) is 36.3 Å². The second-order valence-corrected chi connectivity index (χ2v) is 18.7. The Bertz CT molecular complexity index is 2250. The first-order valence-corrected chi connectivity index (χ1v) is 20.7. The Labute approximate surface area is 319 Å². The molecule has 0 N–H and O–H groups in total. The lowest BCUT2D eigenvalue weighted by Gasteiger charge is -2.26. The maximum absolute atomic E-state index is 11.8. The highest BCUT2D eigenvalue weighted by molar-refractivity contribution is 7.94. The van der Waals surface area contributed by atoms with E-state index in [4.69, 9.17) is 0 Å². The minimum absolute atomic E-state index is 0.214. The van der Waals surface area contributed by atoms with E-state index in [2.05, 4.69) is 111 Å². The Morgan fingerprint density at radius 1 is 0.868 bits per heavy atom. The lowest BCUT2D eigenvalue weighted by Crippen LogP contribution is -2.28. The van der Waals surface area contributed by atoms with Crippen LogP contribution in [0.15, 0.2) is 94.4 Å². The molecule has 0 aromatic heterocycles. The summed E-state index contributed by atoms with van der Waals surface area (Å²) in [4.78, 5) is 2.90. The number of fused-ring (bicyclic) bond motifs is 6. The molecule has 53 heavy (non-hydrogen) atoms. The Kier molecular flexibility index (Phi) is 11.1. The maximum atomic E-state index is 11.8. The molecule has 0 bridgehead atoms. The average Bonchev–Trinajstić information content (AvgIpc) is 3.45. The van der Waals surface area contributed by atoms with Crippen molar-refractivity contribution in [3.63, 3.8) is 0 Å². The predicted molar refractivity (Wildman–Crippen MR) is 213 cm³/mol. The van der Waals surface area contributed by atoms with Crippen molar-refractivity contribution in [1.29, 1.82) is 0 Å². The Morgan fingerprint density at radius 2 is 1.55 bits per heavy atom. The van der Waals surface area contributed by atoms with E-state index in [0.717, 1.165) is 69.6 Å². The summed E-state index contributed by atoms with van der Waals surface area (Å²) in [6.45, 7) is 19.8. The van der Waals surface area contributed by atoms with E-state index in [1.165, 1.54) is 60.2 Å². The van der Waals surface area contributed by atoms with Crippen molar-refractivity contribution >= 4 is 60.8 Å². The molecular formula is C43H51N2O6S2-. The Morgan fingerprint density at radius 3 is 2.25 bits per heavy atom. The highest BCUT2D eigenvalue weighted by Gasteiger charge is 2.46. The number of allylic oxidation sites excluding steroid dienone is 4. The van der Waals surface area contributed by atoms with Gasteiger partial charge in [-0.3, -0.25) is 5.04 Å². The molecule has 0 unspecified atom stereocenters. The molecular weight excluding hydrogens is 705 g/mol. The van der Waals surface area contributed by atoms with Crippen LogP contribution in [0.2, 0.25) is 0 Å². The van der Waals surface area contributed by atoms with Gasteiger partial charge < -0.3 is 14.7 Å². The first kappa shape index (κ1) is 39.2. The minimum atomic E-state index is -4.56. The second kappa shape index (κ2) is 15.0. The van der Waals surface area contributed by atoms with E-state index >= 15 is 0 Å². The van der Waals surface area contributed by atoms with Gasteiger partial charge in [0, 0.05) is 52.4 Å². The van der Waals surface area contributed by atoms with Gasteiger partial charge in [-0.25, -0.2) is 8.42 Å². The number of anilines is 1. The standard InChI is InChI=1S/C43H52N2O6S2/c1-9-44-35-23-18-30-28-32(53(47,48)49)20-22-34(30)39(35)42(5,6)37(44)15-14-16-38-43(7,8)40-33-21-19-31(52-51-50-46)27-29(33)17-24-36(40)45(38)26-13-11-10-12-25-41(2,3)4/h14-24,27-28H,9-13,25-26H2,1-8H3,(H-,46,47,48,49)/p-1. The van der Waals surface area contributed by atoms with Crippen LogP contribution in [0.25, 0.3) is 21.5 Å². The van der Waals surface area contributed by atoms with Crippen molar-refractivity contribution in [1.82, 2.24) is 0 Å². The molecule has 8 nitrogen and oxygen atoms in total. The van der Waals surface area contributed by atoms with Crippen LogP contribution in [0, 0.1) is 5.41 Å². The summed E-state index contributed by atoms with van der Waals surface area (Å²) < 4.78 is 42.5. The van der Waals surface area contributed by atoms with E-state index in [-0.39, 0.29) is 15.7 Å². The first-order valence-electron chi connectivity index (χ1n) is 18.5. The van der Waals surface area contributed by atoms with Crippen LogP contribution in [-0.2, 0) is 30.3 Å². The predicted octanol–water partition coefficient (Wildman–Crippen LogP) is 9.76. The number of hydrogen-bond acceptors (Lipinski definition) is 8. The highest BCUT2D eigenvalue weighted by Crippen LogP contribution is 2.51. The Balaban J connectivity index is 1.37.